The average molecular weight is 201 g/mol. The van der Waals surface area contributed by atoms with Crippen LogP contribution >= 0.6 is 0 Å². The minimum atomic E-state index is -0.415. The standard InChI is InChI=1S/C9H19N3O2/c1-4-6-10-9(14)11-8(13)7-12(3)5-2/h4-7H2,1-3H3,(H2,10,11,13,14). The zero-order valence-electron chi connectivity index (χ0n) is 9.09. The molecule has 0 aromatic carbocycles. The van der Waals surface area contributed by atoms with Crippen LogP contribution in [0.25, 0.3) is 0 Å². The first-order chi connectivity index (χ1) is 6.60. The number of carbonyl (C=O) groups excluding carboxylic acids is 2. The quantitative estimate of drug-likeness (QED) is 0.666. The summed E-state index contributed by atoms with van der Waals surface area (Å²) in [6.07, 6.45) is 0.858. The van der Waals surface area contributed by atoms with Gasteiger partial charge in [-0.25, -0.2) is 4.79 Å². The van der Waals surface area contributed by atoms with Gasteiger partial charge in [0.1, 0.15) is 0 Å². The van der Waals surface area contributed by atoms with Crippen LogP contribution in [0.5, 0.6) is 0 Å². The third-order valence-electron chi connectivity index (χ3n) is 1.74. The maximum Gasteiger partial charge on any atom is 0.321 e. The van der Waals surface area contributed by atoms with E-state index in [1.54, 1.807) is 0 Å². The number of nitrogens with one attached hydrogen (secondary N) is 2. The predicted molar refractivity (Wildman–Crippen MR) is 55.0 cm³/mol. The van der Waals surface area contributed by atoms with Gasteiger partial charge in [0.25, 0.3) is 0 Å². The minimum absolute atomic E-state index is 0.246. The molecule has 0 aliphatic rings. The maximum atomic E-state index is 11.2. The number of carbonyl (C=O) groups is 2. The van der Waals surface area contributed by atoms with E-state index in [4.69, 9.17) is 0 Å². The lowest BCUT2D eigenvalue weighted by Gasteiger charge is -2.12. The van der Waals surface area contributed by atoms with Gasteiger partial charge in [-0.1, -0.05) is 13.8 Å². The summed E-state index contributed by atoms with van der Waals surface area (Å²) >= 11 is 0. The van der Waals surface area contributed by atoms with Gasteiger partial charge in [0.05, 0.1) is 6.54 Å². The Balaban J connectivity index is 3.66. The number of hydrogen-bond donors (Lipinski definition) is 2. The lowest BCUT2D eigenvalue weighted by Crippen LogP contribution is -2.43. The molecule has 0 bridgehead atoms. The number of nitrogens with zero attached hydrogens (tertiary/aromatic N) is 1. The van der Waals surface area contributed by atoms with Crippen LogP contribution in [-0.4, -0.2) is 43.5 Å². The first-order valence-corrected chi connectivity index (χ1v) is 4.86. The van der Waals surface area contributed by atoms with E-state index in [0.29, 0.717) is 6.54 Å². The summed E-state index contributed by atoms with van der Waals surface area (Å²) in [4.78, 5) is 24.0. The van der Waals surface area contributed by atoms with E-state index >= 15 is 0 Å². The number of amides is 3. The van der Waals surface area contributed by atoms with Crippen LogP contribution in [0.15, 0.2) is 0 Å². The summed E-state index contributed by atoms with van der Waals surface area (Å²) in [5, 5.41) is 4.81. The lowest BCUT2D eigenvalue weighted by atomic mass is 10.5. The average Bonchev–Trinajstić information content (AvgIpc) is 2.14. The van der Waals surface area contributed by atoms with Gasteiger partial charge in [0, 0.05) is 6.54 Å². The van der Waals surface area contributed by atoms with E-state index in [-0.39, 0.29) is 12.5 Å². The van der Waals surface area contributed by atoms with Crippen LogP contribution < -0.4 is 10.6 Å². The molecule has 0 aromatic heterocycles. The Hall–Kier alpha value is -1.10. The summed E-state index contributed by atoms with van der Waals surface area (Å²) in [5.41, 5.74) is 0. The summed E-state index contributed by atoms with van der Waals surface area (Å²) in [6.45, 7) is 5.51. The molecule has 3 amide bonds. The third-order valence-corrected chi connectivity index (χ3v) is 1.74. The van der Waals surface area contributed by atoms with Gasteiger partial charge in [-0.2, -0.15) is 0 Å². The number of rotatable bonds is 5. The maximum absolute atomic E-state index is 11.2. The van der Waals surface area contributed by atoms with E-state index in [0.717, 1.165) is 13.0 Å². The molecule has 0 rings (SSSR count). The minimum Gasteiger partial charge on any atom is -0.338 e. The number of urea groups is 1. The lowest BCUT2D eigenvalue weighted by molar-refractivity contribution is -0.120. The van der Waals surface area contributed by atoms with Gasteiger partial charge >= 0.3 is 6.03 Å². The fourth-order valence-corrected chi connectivity index (χ4v) is 0.806. The molecule has 82 valence electrons. The molecule has 5 nitrogen and oxygen atoms in total. The topological polar surface area (TPSA) is 61.4 Å². The number of likely N-dealkylation sites (N-methyl/N-ethyl adjacent to an activating group) is 1. The highest BCUT2D eigenvalue weighted by molar-refractivity contribution is 5.95. The zero-order chi connectivity index (χ0) is 11.0. The van der Waals surface area contributed by atoms with Crippen molar-refractivity contribution in [1.29, 1.82) is 0 Å². The van der Waals surface area contributed by atoms with Crippen molar-refractivity contribution in [3.63, 3.8) is 0 Å². The normalized spacial score (nSPS) is 10.0. The molecule has 5 heteroatoms. The summed E-state index contributed by atoms with van der Waals surface area (Å²) in [6, 6.07) is -0.415. The molecule has 0 aromatic rings. The van der Waals surface area contributed by atoms with E-state index in [1.165, 1.54) is 0 Å². The molecule has 14 heavy (non-hydrogen) atoms. The van der Waals surface area contributed by atoms with Crippen molar-refractivity contribution in [2.75, 3.05) is 26.7 Å². The molecular weight excluding hydrogens is 182 g/mol. The SMILES string of the molecule is CCCNC(=O)NC(=O)CN(C)CC. The first-order valence-electron chi connectivity index (χ1n) is 4.86. The van der Waals surface area contributed by atoms with Crippen molar-refractivity contribution in [3.05, 3.63) is 0 Å². The highest BCUT2D eigenvalue weighted by atomic mass is 16.2. The van der Waals surface area contributed by atoms with Gasteiger partial charge in [-0.15, -0.1) is 0 Å². The third kappa shape index (κ3) is 6.42. The zero-order valence-corrected chi connectivity index (χ0v) is 9.09. The molecular formula is C9H19N3O2. The summed E-state index contributed by atoms with van der Waals surface area (Å²) in [7, 11) is 1.82. The molecule has 0 saturated heterocycles. The number of hydrogen-bond acceptors (Lipinski definition) is 3. The van der Waals surface area contributed by atoms with Crippen LogP contribution in [0.3, 0.4) is 0 Å². The van der Waals surface area contributed by atoms with Crippen LogP contribution in [0.4, 0.5) is 4.79 Å². The highest BCUT2D eigenvalue weighted by Crippen LogP contribution is 1.80. The van der Waals surface area contributed by atoms with Gasteiger partial charge < -0.3 is 5.32 Å². The number of imide groups is 1. The molecule has 0 spiro atoms. The largest absolute Gasteiger partial charge is 0.338 e. The Labute approximate surface area is 84.8 Å². The second kappa shape index (κ2) is 7.32. The Kier molecular flexibility index (Phi) is 6.74. The molecule has 0 radical (unpaired) electrons. The Morgan fingerprint density at radius 2 is 1.93 bits per heavy atom. The molecule has 2 N–H and O–H groups in total. The second-order valence-corrected chi connectivity index (χ2v) is 3.13. The molecule has 0 fully saturated rings. The van der Waals surface area contributed by atoms with Crippen molar-refractivity contribution >= 4 is 11.9 Å². The molecule has 0 atom stereocenters. The van der Waals surface area contributed by atoms with Gasteiger partial charge in [-0.3, -0.25) is 15.0 Å². The smallest absolute Gasteiger partial charge is 0.321 e. The van der Waals surface area contributed by atoms with Crippen molar-refractivity contribution in [2.45, 2.75) is 20.3 Å². The highest BCUT2D eigenvalue weighted by Gasteiger charge is 2.08. The van der Waals surface area contributed by atoms with Crippen LogP contribution in [0.2, 0.25) is 0 Å². The molecule has 0 heterocycles. The molecule has 0 aliphatic heterocycles. The molecule has 0 aliphatic carbocycles. The van der Waals surface area contributed by atoms with Crippen molar-refractivity contribution in [1.82, 2.24) is 15.5 Å². The van der Waals surface area contributed by atoms with E-state index < -0.39 is 6.03 Å². The van der Waals surface area contributed by atoms with E-state index in [2.05, 4.69) is 10.6 Å². The van der Waals surface area contributed by atoms with Gasteiger partial charge in [-0.05, 0) is 20.0 Å². The van der Waals surface area contributed by atoms with Crippen molar-refractivity contribution in [2.24, 2.45) is 0 Å². The van der Waals surface area contributed by atoms with Crippen LogP contribution in [0.1, 0.15) is 20.3 Å². The molecule has 0 saturated carbocycles. The van der Waals surface area contributed by atoms with E-state index in [9.17, 15) is 9.59 Å². The van der Waals surface area contributed by atoms with Crippen molar-refractivity contribution < 1.29 is 9.59 Å². The second-order valence-electron chi connectivity index (χ2n) is 3.13. The van der Waals surface area contributed by atoms with E-state index in [1.807, 2.05) is 25.8 Å². The van der Waals surface area contributed by atoms with Crippen molar-refractivity contribution in [3.8, 4) is 0 Å². The van der Waals surface area contributed by atoms with Gasteiger partial charge in [0.15, 0.2) is 0 Å². The first kappa shape index (κ1) is 12.9. The Morgan fingerprint density at radius 3 is 2.43 bits per heavy atom. The van der Waals surface area contributed by atoms with Gasteiger partial charge in [0.2, 0.25) is 5.91 Å². The summed E-state index contributed by atoms with van der Waals surface area (Å²) < 4.78 is 0. The molecule has 0 unspecified atom stereocenters. The Bertz CT molecular complexity index is 194. The van der Waals surface area contributed by atoms with Crippen LogP contribution in [-0.2, 0) is 4.79 Å². The van der Waals surface area contributed by atoms with Crippen LogP contribution in [0, 0.1) is 0 Å². The summed E-state index contributed by atoms with van der Waals surface area (Å²) in [5.74, 6) is -0.275. The fraction of sp³-hybridized carbons (Fsp3) is 0.778. The Morgan fingerprint density at radius 1 is 1.29 bits per heavy atom. The fourth-order valence-electron chi connectivity index (χ4n) is 0.806. The monoisotopic (exact) mass is 201 g/mol. The predicted octanol–water partition coefficient (Wildman–Crippen LogP) is 0.174.